The van der Waals surface area contributed by atoms with E-state index >= 15 is 0 Å². The van der Waals surface area contributed by atoms with Crippen LogP contribution >= 0.6 is 11.6 Å². The number of allylic oxidation sites excluding steroid dienone is 1. The summed E-state index contributed by atoms with van der Waals surface area (Å²) in [7, 11) is 0. The topological polar surface area (TPSA) is 55.8 Å². The molecule has 0 bridgehead atoms. The third kappa shape index (κ3) is 3.89. The van der Waals surface area contributed by atoms with Gasteiger partial charge in [0.15, 0.2) is 17.3 Å². The number of ketones is 1. The predicted octanol–water partition coefficient (Wildman–Crippen LogP) is 4.49. The number of fused-ring (bicyclic) bond motifs is 1. The van der Waals surface area contributed by atoms with Crippen LogP contribution in [0.5, 0.6) is 17.2 Å². The van der Waals surface area contributed by atoms with Crippen LogP contribution in [0, 0.1) is 0 Å². The van der Waals surface area contributed by atoms with Crippen LogP contribution in [0.15, 0.2) is 42.5 Å². The lowest BCUT2D eigenvalue weighted by molar-refractivity contribution is 0.104. The quantitative estimate of drug-likeness (QED) is 0.658. The molecule has 124 valence electrons. The van der Waals surface area contributed by atoms with Gasteiger partial charge in [-0.25, -0.2) is 0 Å². The number of halogens is 1. The summed E-state index contributed by atoms with van der Waals surface area (Å²) in [6.07, 6.45) is 4.99. The molecule has 0 unspecified atom stereocenters. The highest BCUT2D eigenvalue weighted by atomic mass is 35.5. The molecule has 1 heterocycles. The van der Waals surface area contributed by atoms with Crippen molar-refractivity contribution in [3.63, 3.8) is 0 Å². The molecule has 4 nitrogen and oxygen atoms in total. The van der Waals surface area contributed by atoms with Crippen LogP contribution < -0.4 is 9.47 Å². The molecule has 2 aromatic rings. The van der Waals surface area contributed by atoms with Gasteiger partial charge < -0.3 is 14.6 Å². The van der Waals surface area contributed by atoms with E-state index in [1.54, 1.807) is 6.08 Å². The van der Waals surface area contributed by atoms with E-state index in [1.807, 2.05) is 18.2 Å². The number of benzene rings is 2. The first-order chi connectivity index (χ1) is 11.6. The lowest BCUT2D eigenvalue weighted by Gasteiger charge is -2.16. The van der Waals surface area contributed by atoms with E-state index in [1.165, 1.54) is 24.3 Å². The lowest BCUT2D eigenvalue weighted by atomic mass is 10.1. The predicted molar refractivity (Wildman–Crippen MR) is 93.1 cm³/mol. The molecule has 0 aromatic heterocycles. The Bertz CT molecular complexity index is 783. The average Bonchev–Trinajstić information content (AvgIpc) is 2.56. The molecule has 0 radical (unpaired) electrons. The Morgan fingerprint density at radius 1 is 1.04 bits per heavy atom. The summed E-state index contributed by atoms with van der Waals surface area (Å²) >= 11 is 5.87. The van der Waals surface area contributed by atoms with E-state index in [-0.39, 0.29) is 17.1 Å². The Kier molecular flexibility index (Phi) is 5.06. The van der Waals surface area contributed by atoms with Gasteiger partial charge in [-0.3, -0.25) is 4.79 Å². The molecule has 0 saturated carbocycles. The van der Waals surface area contributed by atoms with Gasteiger partial charge in [0.1, 0.15) is 5.75 Å². The van der Waals surface area contributed by atoms with Crippen LogP contribution in [-0.2, 0) is 0 Å². The first kappa shape index (κ1) is 16.4. The van der Waals surface area contributed by atoms with Gasteiger partial charge in [-0.2, -0.15) is 0 Å². The van der Waals surface area contributed by atoms with Crippen LogP contribution in [-0.4, -0.2) is 24.1 Å². The molecule has 0 saturated heterocycles. The lowest BCUT2D eigenvalue weighted by Crippen LogP contribution is -2.08. The molecule has 0 amide bonds. The summed E-state index contributed by atoms with van der Waals surface area (Å²) in [6.45, 7) is 1.33. The van der Waals surface area contributed by atoms with Crippen molar-refractivity contribution in [1.82, 2.24) is 0 Å². The summed E-state index contributed by atoms with van der Waals surface area (Å²) in [5.74, 6) is 0.975. The minimum absolute atomic E-state index is 0.0936. The van der Waals surface area contributed by atoms with E-state index in [9.17, 15) is 9.90 Å². The molecular weight excluding hydrogens is 328 g/mol. The van der Waals surface area contributed by atoms with E-state index in [4.69, 9.17) is 21.1 Å². The van der Waals surface area contributed by atoms with Crippen LogP contribution in [0.4, 0.5) is 0 Å². The van der Waals surface area contributed by atoms with Crippen molar-refractivity contribution < 1.29 is 19.4 Å². The fourth-order valence-corrected chi connectivity index (χ4v) is 2.57. The summed E-state index contributed by atoms with van der Waals surface area (Å²) in [5.41, 5.74) is 0.984. The number of phenols is 1. The summed E-state index contributed by atoms with van der Waals surface area (Å²) in [4.78, 5) is 12.2. The number of hydrogen-bond donors (Lipinski definition) is 1. The van der Waals surface area contributed by atoms with Crippen molar-refractivity contribution in [2.24, 2.45) is 0 Å². The van der Waals surface area contributed by atoms with Gasteiger partial charge in [-0.05, 0) is 54.8 Å². The standard InChI is InChI=1S/C19H17ClO4/c20-14-5-7-17(22)15(12-14)16(21)6-3-13-4-8-18-19(11-13)24-10-2-1-9-23-18/h3-8,11-12,22H,1-2,9-10H2. The Morgan fingerprint density at radius 3 is 2.58 bits per heavy atom. The molecule has 1 N–H and O–H groups in total. The first-order valence-corrected chi connectivity index (χ1v) is 8.12. The van der Waals surface area contributed by atoms with Crippen molar-refractivity contribution in [3.05, 3.63) is 58.6 Å². The van der Waals surface area contributed by atoms with Gasteiger partial charge in [0.25, 0.3) is 0 Å². The van der Waals surface area contributed by atoms with Crippen LogP contribution in [0.3, 0.4) is 0 Å². The number of hydrogen-bond acceptors (Lipinski definition) is 4. The third-order valence-corrected chi connectivity index (χ3v) is 3.91. The van der Waals surface area contributed by atoms with Gasteiger partial charge in [-0.1, -0.05) is 23.7 Å². The fraction of sp³-hybridized carbons (Fsp3) is 0.211. The maximum absolute atomic E-state index is 12.2. The normalized spacial score (nSPS) is 14.2. The largest absolute Gasteiger partial charge is 0.507 e. The molecule has 5 heteroatoms. The number of rotatable bonds is 3. The van der Waals surface area contributed by atoms with Crippen molar-refractivity contribution >= 4 is 23.5 Å². The number of ether oxygens (including phenoxy) is 2. The molecule has 1 aliphatic rings. The Balaban J connectivity index is 1.80. The van der Waals surface area contributed by atoms with E-state index in [2.05, 4.69) is 0 Å². The molecule has 0 atom stereocenters. The third-order valence-electron chi connectivity index (χ3n) is 3.67. The second-order valence-electron chi connectivity index (χ2n) is 5.47. The van der Waals surface area contributed by atoms with Gasteiger partial charge >= 0.3 is 0 Å². The molecule has 0 aliphatic carbocycles. The Hall–Kier alpha value is -2.46. The van der Waals surface area contributed by atoms with Gasteiger partial charge in [0, 0.05) is 5.02 Å². The van der Waals surface area contributed by atoms with Gasteiger partial charge in [-0.15, -0.1) is 0 Å². The molecule has 3 rings (SSSR count). The maximum atomic E-state index is 12.2. The number of carbonyl (C=O) groups is 1. The molecule has 1 aliphatic heterocycles. The SMILES string of the molecule is O=C(C=Cc1ccc2c(c1)OCCCCO2)c1cc(Cl)ccc1O. The average molecular weight is 345 g/mol. The van der Waals surface area contributed by atoms with Crippen LogP contribution in [0.25, 0.3) is 6.08 Å². The fourth-order valence-electron chi connectivity index (χ4n) is 2.40. The summed E-state index contributed by atoms with van der Waals surface area (Å²) < 4.78 is 11.3. The summed E-state index contributed by atoms with van der Waals surface area (Å²) in [5, 5.41) is 10.2. The van der Waals surface area contributed by atoms with Gasteiger partial charge in [0.05, 0.1) is 18.8 Å². The zero-order valence-corrected chi connectivity index (χ0v) is 13.8. The minimum Gasteiger partial charge on any atom is -0.507 e. The maximum Gasteiger partial charge on any atom is 0.189 e. The highest BCUT2D eigenvalue weighted by Crippen LogP contribution is 2.30. The summed E-state index contributed by atoms with van der Waals surface area (Å²) in [6, 6.07) is 9.90. The first-order valence-electron chi connectivity index (χ1n) is 7.74. The van der Waals surface area contributed by atoms with E-state index in [0.29, 0.717) is 29.7 Å². The smallest absolute Gasteiger partial charge is 0.189 e. The molecule has 0 fully saturated rings. The molecule has 2 aromatic carbocycles. The van der Waals surface area contributed by atoms with E-state index in [0.717, 1.165) is 18.4 Å². The molecule has 24 heavy (non-hydrogen) atoms. The zero-order chi connectivity index (χ0) is 16.9. The second kappa shape index (κ2) is 7.41. The highest BCUT2D eigenvalue weighted by molar-refractivity contribution is 6.31. The number of phenolic OH excluding ortho intramolecular Hbond substituents is 1. The Labute approximate surface area is 145 Å². The van der Waals surface area contributed by atoms with Crippen molar-refractivity contribution in [1.29, 1.82) is 0 Å². The number of carbonyl (C=O) groups excluding carboxylic acids is 1. The number of aromatic hydroxyl groups is 1. The van der Waals surface area contributed by atoms with Crippen molar-refractivity contribution in [2.45, 2.75) is 12.8 Å². The van der Waals surface area contributed by atoms with Crippen LogP contribution in [0.1, 0.15) is 28.8 Å². The van der Waals surface area contributed by atoms with Crippen molar-refractivity contribution in [3.8, 4) is 17.2 Å². The van der Waals surface area contributed by atoms with Crippen LogP contribution in [0.2, 0.25) is 5.02 Å². The minimum atomic E-state index is -0.320. The Morgan fingerprint density at radius 2 is 1.79 bits per heavy atom. The molecule has 0 spiro atoms. The monoisotopic (exact) mass is 344 g/mol. The molecular formula is C19H17ClO4. The van der Waals surface area contributed by atoms with E-state index < -0.39 is 0 Å². The second-order valence-corrected chi connectivity index (χ2v) is 5.91. The van der Waals surface area contributed by atoms with Gasteiger partial charge in [0.2, 0.25) is 0 Å². The highest BCUT2D eigenvalue weighted by Gasteiger charge is 2.11. The zero-order valence-electron chi connectivity index (χ0n) is 13.0. The van der Waals surface area contributed by atoms with Crippen molar-refractivity contribution in [2.75, 3.05) is 13.2 Å².